The van der Waals surface area contributed by atoms with Crippen molar-refractivity contribution in [2.45, 2.75) is 31.3 Å². The number of para-hydroxylation sites is 1. The molecule has 1 saturated heterocycles. The van der Waals surface area contributed by atoms with Crippen LogP contribution in [0.2, 0.25) is 0 Å². The molecule has 0 aliphatic carbocycles. The number of aromatic nitrogens is 1. The molecule has 1 amide bonds. The standard InChI is InChI=1S/C18H23BN6O4S/c20-12-3-1-2-10-8-14(19(27)28-16(10)12)24-17(26)15(13-9-30-18(21)23-13)25-29-11-4-6-22-7-5-11/h1-3,9,11,14,22,27H,4-8,20H2,(H2,21,23)(H,24,26)/b25-15-/t14-/m0/s1. The molecule has 0 unspecified atom stereocenters. The van der Waals surface area contributed by atoms with E-state index in [9.17, 15) is 9.82 Å². The van der Waals surface area contributed by atoms with Crippen LogP contribution in [0.15, 0.2) is 28.7 Å². The molecule has 1 atom stereocenters. The van der Waals surface area contributed by atoms with Crippen molar-refractivity contribution >= 4 is 40.9 Å². The van der Waals surface area contributed by atoms with Crippen molar-refractivity contribution in [1.29, 1.82) is 0 Å². The number of nitrogens with two attached hydrogens (primary N) is 2. The topological polar surface area (TPSA) is 157 Å². The van der Waals surface area contributed by atoms with Gasteiger partial charge in [-0.15, -0.1) is 11.3 Å². The number of thiazole rings is 1. The van der Waals surface area contributed by atoms with E-state index in [-0.39, 0.29) is 11.8 Å². The molecule has 7 N–H and O–H groups in total. The van der Waals surface area contributed by atoms with Crippen molar-refractivity contribution in [3.05, 3.63) is 34.8 Å². The van der Waals surface area contributed by atoms with Crippen LogP contribution < -0.4 is 26.8 Å². The van der Waals surface area contributed by atoms with E-state index in [1.165, 1.54) is 11.3 Å². The Morgan fingerprint density at radius 3 is 2.93 bits per heavy atom. The van der Waals surface area contributed by atoms with Crippen LogP contribution in [-0.2, 0) is 16.1 Å². The number of benzene rings is 1. The molecular weight excluding hydrogens is 407 g/mol. The van der Waals surface area contributed by atoms with Crippen LogP contribution in [0.1, 0.15) is 24.1 Å². The number of piperidine rings is 1. The fraction of sp³-hybridized carbons (Fsp3) is 0.389. The highest BCUT2D eigenvalue weighted by molar-refractivity contribution is 7.13. The fourth-order valence-electron chi connectivity index (χ4n) is 3.44. The van der Waals surface area contributed by atoms with Crippen LogP contribution >= 0.6 is 11.3 Å². The van der Waals surface area contributed by atoms with Crippen molar-refractivity contribution < 1.29 is 19.3 Å². The lowest BCUT2D eigenvalue weighted by Gasteiger charge is -2.28. The van der Waals surface area contributed by atoms with Gasteiger partial charge in [-0.2, -0.15) is 0 Å². The van der Waals surface area contributed by atoms with Crippen molar-refractivity contribution in [2.24, 2.45) is 5.16 Å². The van der Waals surface area contributed by atoms with E-state index in [2.05, 4.69) is 20.8 Å². The number of nitrogen functional groups attached to an aromatic ring is 2. The second-order valence-electron chi connectivity index (χ2n) is 7.19. The van der Waals surface area contributed by atoms with Crippen LogP contribution in [0.5, 0.6) is 5.75 Å². The first-order valence-electron chi connectivity index (χ1n) is 9.70. The van der Waals surface area contributed by atoms with Gasteiger partial charge in [0, 0.05) is 5.38 Å². The van der Waals surface area contributed by atoms with Crippen molar-refractivity contribution in [2.75, 3.05) is 24.6 Å². The third-order valence-corrected chi connectivity index (χ3v) is 5.70. The summed E-state index contributed by atoms with van der Waals surface area (Å²) in [4.78, 5) is 22.8. The van der Waals surface area contributed by atoms with Crippen LogP contribution in [0.4, 0.5) is 10.8 Å². The van der Waals surface area contributed by atoms with Crippen molar-refractivity contribution in [3.63, 3.8) is 0 Å². The zero-order valence-electron chi connectivity index (χ0n) is 16.2. The Bertz CT molecular complexity index is 949. The van der Waals surface area contributed by atoms with Gasteiger partial charge in [0.1, 0.15) is 17.5 Å². The summed E-state index contributed by atoms with van der Waals surface area (Å²) < 4.78 is 5.52. The van der Waals surface area contributed by atoms with Gasteiger partial charge in [0.25, 0.3) is 5.91 Å². The maximum Gasteiger partial charge on any atom is 0.547 e. The number of nitrogens with zero attached hydrogens (tertiary/aromatic N) is 2. The normalized spacial score (nSPS) is 19.7. The molecule has 2 aliphatic rings. The lowest BCUT2D eigenvalue weighted by Crippen LogP contribution is -2.54. The summed E-state index contributed by atoms with van der Waals surface area (Å²) in [6, 6.07) is 5.33. The number of oxime groups is 1. The van der Waals surface area contributed by atoms with Gasteiger partial charge in [0.2, 0.25) is 0 Å². The third kappa shape index (κ3) is 4.50. The average Bonchev–Trinajstić information content (AvgIpc) is 3.16. The van der Waals surface area contributed by atoms with Gasteiger partial charge >= 0.3 is 7.12 Å². The van der Waals surface area contributed by atoms with E-state index in [1.807, 2.05) is 6.07 Å². The van der Waals surface area contributed by atoms with Crippen LogP contribution in [0.3, 0.4) is 0 Å². The summed E-state index contributed by atoms with van der Waals surface area (Å²) >= 11 is 1.20. The van der Waals surface area contributed by atoms with Crippen molar-refractivity contribution in [1.82, 2.24) is 15.6 Å². The van der Waals surface area contributed by atoms with E-state index in [0.717, 1.165) is 31.5 Å². The average molecular weight is 430 g/mol. The molecule has 0 saturated carbocycles. The Labute approximate surface area is 177 Å². The zero-order chi connectivity index (χ0) is 21.1. The maximum atomic E-state index is 13.0. The minimum Gasteiger partial charge on any atom is -0.533 e. The molecule has 2 aliphatic heterocycles. The van der Waals surface area contributed by atoms with E-state index < -0.39 is 19.0 Å². The number of carbonyl (C=O) groups excluding carboxylic acids is 1. The van der Waals surface area contributed by atoms with Gasteiger partial charge in [-0.05, 0) is 44.0 Å². The van der Waals surface area contributed by atoms with Crippen LogP contribution in [-0.4, -0.2) is 53.9 Å². The Kier molecular flexibility index (Phi) is 6.07. The summed E-state index contributed by atoms with van der Waals surface area (Å²) in [6.45, 7) is 1.67. The minimum atomic E-state index is -1.25. The Morgan fingerprint density at radius 2 is 2.20 bits per heavy atom. The predicted octanol–water partition coefficient (Wildman–Crippen LogP) is -0.0802. The highest BCUT2D eigenvalue weighted by atomic mass is 32.1. The molecule has 10 nitrogen and oxygen atoms in total. The van der Waals surface area contributed by atoms with E-state index in [0.29, 0.717) is 28.7 Å². The first-order chi connectivity index (χ1) is 14.5. The molecule has 1 fully saturated rings. The summed E-state index contributed by atoms with van der Waals surface area (Å²) in [5.74, 6) is -0.785. The molecule has 12 heteroatoms. The molecule has 4 rings (SSSR count). The van der Waals surface area contributed by atoms with Gasteiger partial charge in [-0.25, -0.2) is 4.98 Å². The lowest BCUT2D eigenvalue weighted by molar-refractivity contribution is -0.115. The first kappa shape index (κ1) is 20.4. The van der Waals surface area contributed by atoms with Gasteiger partial charge < -0.3 is 36.6 Å². The number of hydrogen-bond donors (Lipinski definition) is 5. The highest BCUT2D eigenvalue weighted by Crippen LogP contribution is 2.31. The number of carbonyl (C=O) groups is 1. The lowest BCUT2D eigenvalue weighted by atomic mass is 9.72. The van der Waals surface area contributed by atoms with Gasteiger partial charge in [-0.1, -0.05) is 17.3 Å². The van der Waals surface area contributed by atoms with Gasteiger partial charge in [-0.3, -0.25) is 4.79 Å². The summed E-state index contributed by atoms with van der Waals surface area (Å²) in [5.41, 5.74) is 13.2. The van der Waals surface area contributed by atoms with E-state index in [1.54, 1.807) is 17.5 Å². The second kappa shape index (κ2) is 8.90. The molecule has 30 heavy (non-hydrogen) atoms. The zero-order valence-corrected chi connectivity index (χ0v) is 17.0. The molecule has 0 spiro atoms. The van der Waals surface area contributed by atoms with E-state index in [4.69, 9.17) is 21.0 Å². The molecule has 0 radical (unpaired) electrons. The molecule has 158 valence electrons. The molecule has 1 aromatic heterocycles. The number of anilines is 2. The smallest absolute Gasteiger partial charge is 0.533 e. The third-order valence-electron chi connectivity index (χ3n) is 5.03. The van der Waals surface area contributed by atoms with E-state index >= 15 is 0 Å². The minimum absolute atomic E-state index is 0.00653. The largest absolute Gasteiger partial charge is 0.547 e. The summed E-state index contributed by atoms with van der Waals surface area (Å²) in [6.07, 6.45) is 1.87. The monoisotopic (exact) mass is 430 g/mol. The fourth-order valence-corrected chi connectivity index (χ4v) is 3.99. The van der Waals surface area contributed by atoms with Gasteiger partial charge in [0.15, 0.2) is 10.8 Å². The number of fused-ring (bicyclic) bond motifs is 1. The Balaban J connectivity index is 1.51. The Hall–Kier alpha value is -2.83. The van der Waals surface area contributed by atoms with Crippen LogP contribution in [0.25, 0.3) is 0 Å². The summed E-state index contributed by atoms with van der Waals surface area (Å²) in [7, 11) is -1.25. The molecule has 3 heterocycles. The quantitative estimate of drug-likeness (QED) is 0.191. The Morgan fingerprint density at radius 1 is 1.40 bits per heavy atom. The SMILES string of the molecule is Nc1nc(/C(=N/OC2CCNCC2)C(=O)N[C@H]2Cc3cccc(N)c3OB2O)cs1. The predicted molar refractivity (Wildman–Crippen MR) is 115 cm³/mol. The molecule has 0 bridgehead atoms. The molecular formula is C18H23BN6O4S. The van der Waals surface area contributed by atoms with Crippen molar-refractivity contribution in [3.8, 4) is 5.75 Å². The summed E-state index contributed by atoms with van der Waals surface area (Å²) in [5, 5.41) is 22.5. The number of hydrogen-bond acceptors (Lipinski definition) is 10. The number of amides is 1. The highest BCUT2D eigenvalue weighted by Gasteiger charge is 2.38. The second-order valence-corrected chi connectivity index (χ2v) is 8.08. The maximum absolute atomic E-state index is 13.0. The van der Waals surface area contributed by atoms with Gasteiger partial charge in [0.05, 0.1) is 11.6 Å². The van der Waals surface area contributed by atoms with Crippen LogP contribution in [0, 0.1) is 0 Å². The first-order valence-corrected chi connectivity index (χ1v) is 10.6. The molecule has 1 aromatic carbocycles. The molecule has 2 aromatic rings. The number of rotatable bonds is 5. The number of nitrogens with one attached hydrogen (secondary N) is 2.